The van der Waals surface area contributed by atoms with E-state index in [-0.39, 0.29) is 6.10 Å². The first-order chi connectivity index (χ1) is 5.31. The predicted octanol–water partition coefficient (Wildman–Crippen LogP) is 2.04. The van der Waals surface area contributed by atoms with E-state index in [0.717, 1.165) is 32.7 Å². The summed E-state index contributed by atoms with van der Waals surface area (Å²) in [7, 11) is 0. The van der Waals surface area contributed by atoms with Crippen molar-refractivity contribution in [2.75, 3.05) is 19.8 Å². The van der Waals surface area contributed by atoms with E-state index in [4.69, 9.17) is 9.47 Å². The SMILES string of the molecule is [CH2]C(CCOCC)OCCC. The van der Waals surface area contributed by atoms with Crippen molar-refractivity contribution >= 4 is 0 Å². The van der Waals surface area contributed by atoms with Gasteiger partial charge in [-0.2, -0.15) is 0 Å². The van der Waals surface area contributed by atoms with Gasteiger partial charge in [-0.15, -0.1) is 0 Å². The molecule has 1 radical (unpaired) electrons. The first kappa shape index (κ1) is 10.9. The number of rotatable bonds is 7. The Labute approximate surface area is 69.9 Å². The van der Waals surface area contributed by atoms with E-state index < -0.39 is 0 Å². The molecule has 0 rings (SSSR count). The van der Waals surface area contributed by atoms with Crippen molar-refractivity contribution in [2.45, 2.75) is 32.8 Å². The second kappa shape index (κ2) is 8.02. The van der Waals surface area contributed by atoms with Crippen molar-refractivity contribution in [3.8, 4) is 0 Å². The van der Waals surface area contributed by atoms with E-state index in [1.165, 1.54) is 0 Å². The second-order valence-corrected chi connectivity index (χ2v) is 2.48. The summed E-state index contributed by atoms with van der Waals surface area (Å²) in [6.45, 7) is 10.3. The quantitative estimate of drug-likeness (QED) is 0.529. The summed E-state index contributed by atoms with van der Waals surface area (Å²) in [6.07, 6.45) is 2.05. The van der Waals surface area contributed by atoms with Gasteiger partial charge in [0.1, 0.15) is 0 Å². The van der Waals surface area contributed by atoms with Gasteiger partial charge in [-0.1, -0.05) is 6.92 Å². The summed E-state index contributed by atoms with van der Waals surface area (Å²) in [4.78, 5) is 0. The van der Waals surface area contributed by atoms with E-state index >= 15 is 0 Å². The average molecular weight is 159 g/mol. The van der Waals surface area contributed by atoms with Gasteiger partial charge in [-0.3, -0.25) is 0 Å². The zero-order valence-corrected chi connectivity index (χ0v) is 7.64. The minimum Gasteiger partial charge on any atom is -0.382 e. The molecule has 0 aromatic heterocycles. The molecule has 0 aliphatic heterocycles. The molecule has 67 valence electrons. The van der Waals surface area contributed by atoms with E-state index in [9.17, 15) is 0 Å². The Morgan fingerprint density at radius 1 is 1.27 bits per heavy atom. The number of hydrogen-bond donors (Lipinski definition) is 0. The van der Waals surface area contributed by atoms with Gasteiger partial charge in [0.05, 0.1) is 6.10 Å². The van der Waals surface area contributed by atoms with Crippen molar-refractivity contribution in [3.05, 3.63) is 6.92 Å². The highest BCUT2D eigenvalue weighted by molar-refractivity contribution is 4.58. The van der Waals surface area contributed by atoms with Crippen LogP contribution in [0.4, 0.5) is 0 Å². The lowest BCUT2D eigenvalue weighted by atomic mass is 10.3. The number of ether oxygens (including phenoxy) is 2. The molecular formula is C9H19O2. The molecule has 0 aliphatic carbocycles. The molecule has 0 bridgehead atoms. The summed E-state index contributed by atoms with van der Waals surface area (Å²) in [5.41, 5.74) is 0. The van der Waals surface area contributed by atoms with Crippen molar-refractivity contribution in [2.24, 2.45) is 0 Å². The fraction of sp³-hybridized carbons (Fsp3) is 0.889. The Morgan fingerprint density at radius 3 is 2.55 bits per heavy atom. The first-order valence-electron chi connectivity index (χ1n) is 4.33. The van der Waals surface area contributed by atoms with Crippen LogP contribution in [0.1, 0.15) is 26.7 Å². The Morgan fingerprint density at radius 2 is 2.00 bits per heavy atom. The summed E-state index contributed by atoms with van der Waals surface area (Å²) >= 11 is 0. The van der Waals surface area contributed by atoms with Crippen molar-refractivity contribution in [1.82, 2.24) is 0 Å². The molecule has 0 saturated heterocycles. The van der Waals surface area contributed by atoms with Gasteiger partial charge >= 0.3 is 0 Å². The van der Waals surface area contributed by atoms with Crippen molar-refractivity contribution in [3.63, 3.8) is 0 Å². The van der Waals surface area contributed by atoms with Crippen molar-refractivity contribution in [1.29, 1.82) is 0 Å². The van der Waals surface area contributed by atoms with Gasteiger partial charge in [0.2, 0.25) is 0 Å². The molecule has 2 heteroatoms. The highest BCUT2D eigenvalue weighted by Gasteiger charge is 1.99. The molecule has 0 spiro atoms. The molecule has 0 amide bonds. The topological polar surface area (TPSA) is 18.5 Å². The molecule has 1 atom stereocenters. The number of hydrogen-bond acceptors (Lipinski definition) is 2. The molecule has 2 nitrogen and oxygen atoms in total. The van der Waals surface area contributed by atoms with Gasteiger partial charge in [0, 0.05) is 19.8 Å². The zero-order chi connectivity index (χ0) is 8.53. The summed E-state index contributed by atoms with van der Waals surface area (Å²) < 4.78 is 10.5. The standard InChI is InChI=1S/C9H19O2/c1-4-7-11-9(3)6-8-10-5-2/h9H,3-8H2,1-2H3. The monoisotopic (exact) mass is 159 g/mol. The minimum absolute atomic E-state index is 0.0986. The van der Waals surface area contributed by atoms with E-state index in [0.29, 0.717) is 0 Å². The second-order valence-electron chi connectivity index (χ2n) is 2.48. The maximum Gasteiger partial charge on any atom is 0.0598 e. The van der Waals surface area contributed by atoms with Crippen LogP contribution in [0, 0.1) is 6.92 Å². The minimum atomic E-state index is 0.0986. The smallest absolute Gasteiger partial charge is 0.0598 e. The zero-order valence-electron chi connectivity index (χ0n) is 7.64. The Hall–Kier alpha value is -0.0800. The Kier molecular flexibility index (Phi) is 7.96. The van der Waals surface area contributed by atoms with Crippen LogP contribution in [0.3, 0.4) is 0 Å². The highest BCUT2D eigenvalue weighted by atomic mass is 16.5. The molecule has 0 N–H and O–H groups in total. The lowest BCUT2D eigenvalue weighted by Crippen LogP contribution is -2.12. The third kappa shape index (κ3) is 7.82. The third-order valence-electron chi connectivity index (χ3n) is 1.35. The van der Waals surface area contributed by atoms with E-state index in [1.54, 1.807) is 0 Å². The summed E-state index contributed by atoms with van der Waals surface area (Å²) in [6, 6.07) is 0. The van der Waals surface area contributed by atoms with Crippen LogP contribution < -0.4 is 0 Å². The van der Waals surface area contributed by atoms with Crippen LogP contribution >= 0.6 is 0 Å². The van der Waals surface area contributed by atoms with Gasteiger partial charge in [-0.25, -0.2) is 0 Å². The summed E-state index contributed by atoms with van der Waals surface area (Å²) in [5, 5.41) is 0. The van der Waals surface area contributed by atoms with E-state index in [2.05, 4.69) is 13.8 Å². The molecule has 0 aromatic rings. The highest BCUT2D eigenvalue weighted by Crippen LogP contribution is 1.97. The lowest BCUT2D eigenvalue weighted by molar-refractivity contribution is 0.0482. The van der Waals surface area contributed by atoms with Gasteiger partial charge in [-0.05, 0) is 26.7 Å². The molecule has 0 saturated carbocycles. The maximum absolute atomic E-state index is 5.35. The summed E-state index contributed by atoms with van der Waals surface area (Å²) in [5.74, 6) is 0. The van der Waals surface area contributed by atoms with Gasteiger partial charge in [0.25, 0.3) is 0 Å². The normalized spacial score (nSPS) is 13.4. The van der Waals surface area contributed by atoms with Crippen LogP contribution in [-0.2, 0) is 9.47 Å². The van der Waals surface area contributed by atoms with Crippen LogP contribution in [0.25, 0.3) is 0 Å². The van der Waals surface area contributed by atoms with Gasteiger partial charge < -0.3 is 9.47 Å². The molecule has 0 aliphatic rings. The van der Waals surface area contributed by atoms with Crippen LogP contribution in [-0.4, -0.2) is 25.9 Å². The fourth-order valence-corrected chi connectivity index (χ4v) is 0.727. The van der Waals surface area contributed by atoms with Crippen molar-refractivity contribution < 1.29 is 9.47 Å². The largest absolute Gasteiger partial charge is 0.382 e. The average Bonchev–Trinajstić information content (AvgIpc) is 2.01. The molecule has 0 aromatic carbocycles. The van der Waals surface area contributed by atoms with Crippen LogP contribution in [0.2, 0.25) is 0 Å². The van der Waals surface area contributed by atoms with Crippen LogP contribution in [0.5, 0.6) is 0 Å². The van der Waals surface area contributed by atoms with Crippen LogP contribution in [0.15, 0.2) is 0 Å². The van der Waals surface area contributed by atoms with E-state index in [1.807, 2.05) is 6.92 Å². The molecule has 11 heavy (non-hydrogen) atoms. The molecule has 0 heterocycles. The third-order valence-corrected chi connectivity index (χ3v) is 1.35. The predicted molar refractivity (Wildman–Crippen MR) is 46.5 cm³/mol. The molecular weight excluding hydrogens is 140 g/mol. The maximum atomic E-state index is 5.35. The first-order valence-corrected chi connectivity index (χ1v) is 4.33. The van der Waals surface area contributed by atoms with Gasteiger partial charge in [0.15, 0.2) is 0 Å². The Balaban J connectivity index is 3.02. The molecule has 1 unspecified atom stereocenters. The fourth-order valence-electron chi connectivity index (χ4n) is 0.727. The molecule has 0 fully saturated rings. The lowest BCUT2D eigenvalue weighted by Gasteiger charge is -2.11. The Bertz CT molecular complexity index is 74.0.